The van der Waals surface area contributed by atoms with Gasteiger partial charge in [-0.25, -0.2) is 8.78 Å². The van der Waals surface area contributed by atoms with Gasteiger partial charge in [0.05, 0.1) is 5.69 Å². The minimum Gasteiger partial charge on any atom is -0.345 e. The van der Waals surface area contributed by atoms with Crippen molar-refractivity contribution >= 4 is 0 Å². The second-order valence-electron chi connectivity index (χ2n) is 2.75. The molecule has 1 N–H and O–H groups in total. The van der Waals surface area contributed by atoms with Crippen LogP contribution in [0.3, 0.4) is 0 Å². The van der Waals surface area contributed by atoms with Crippen molar-refractivity contribution in [2.75, 3.05) is 0 Å². The lowest BCUT2D eigenvalue weighted by Gasteiger charge is -2.11. The van der Waals surface area contributed by atoms with E-state index < -0.39 is 35.0 Å². The fourth-order valence-electron chi connectivity index (χ4n) is 1.10. The molecule has 86 valence electrons. The van der Waals surface area contributed by atoms with Crippen LogP contribution in [0.5, 0.6) is 0 Å². The van der Waals surface area contributed by atoms with Crippen LogP contribution in [-0.2, 0) is 6.18 Å². The molecule has 1 rings (SSSR count). The summed E-state index contributed by atoms with van der Waals surface area (Å²) in [7, 11) is 0. The highest BCUT2D eigenvalue weighted by molar-refractivity contribution is 5.31. The van der Waals surface area contributed by atoms with E-state index in [1.807, 2.05) is 0 Å². The number of aromatic amines is 1. The zero-order valence-electron chi connectivity index (χ0n) is 7.40. The largest absolute Gasteiger partial charge is 0.422 e. The Morgan fingerprint density at radius 1 is 1.38 bits per heavy atom. The van der Waals surface area contributed by atoms with E-state index in [4.69, 9.17) is 5.26 Å². The maximum absolute atomic E-state index is 12.3. The van der Waals surface area contributed by atoms with E-state index in [0.29, 0.717) is 6.07 Å². The van der Waals surface area contributed by atoms with Crippen LogP contribution in [0.4, 0.5) is 22.0 Å². The van der Waals surface area contributed by atoms with Gasteiger partial charge in [-0.3, -0.25) is 4.79 Å². The summed E-state index contributed by atoms with van der Waals surface area (Å²) in [6.45, 7) is 0. The third kappa shape index (κ3) is 2.18. The summed E-state index contributed by atoms with van der Waals surface area (Å²) in [6.07, 6.45) is -8.70. The van der Waals surface area contributed by atoms with Gasteiger partial charge in [0.25, 0.3) is 6.43 Å². The molecule has 16 heavy (non-hydrogen) atoms. The van der Waals surface area contributed by atoms with E-state index in [-0.39, 0.29) is 0 Å². The van der Waals surface area contributed by atoms with Gasteiger partial charge in [-0.15, -0.1) is 0 Å². The van der Waals surface area contributed by atoms with Crippen molar-refractivity contribution in [3.8, 4) is 6.07 Å². The lowest BCUT2D eigenvalue weighted by molar-refractivity contribution is -0.140. The van der Waals surface area contributed by atoms with E-state index in [1.165, 1.54) is 6.07 Å². The van der Waals surface area contributed by atoms with Gasteiger partial charge in [-0.05, 0) is 0 Å². The molecule has 0 aliphatic carbocycles. The molecule has 1 aromatic heterocycles. The molecule has 0 aromatic carbocycles. The Kier molecular flexibility index (Phi) is 2.98. The lowest BCUT2D eigenvalue weighted by atomic mass is 10.1. The first-order valence-corrected chi connectivity index (χ1v) is 3.80. The number of halogens is 5. The van der Waals surface area contributed by atoms with Gasteiger partial charge in [0.2, 0.25) is 0 Å². The van der Waals surface area contributed by atoms with Crippen LogP contribution in [0.15, 0.2) is 10.9 Å². The number of alkyl halides is 5. The summed E-state index contributed by atoms with van der Waals surface area (Å²) in [5.74, 6) is 0. The highest BCUT2D eigenvalue weighted by Crippen LogP contribution is 2.32. The molecule has 0 aliphatic rings. The summed E-state index contributed by atoms with van der Waals surface area (Å²) < 4.78 is 61.4. The zero-order valence-corrected chi connectivity index (χ0v) is 7.40. The van der Waals surface area contributed by atoms with Crippen molar-refractivity contribution in [3.63, 3.8) is 0 Å². The van der Waals surface area contributed by atoms with Gasteiger partial charge in [0.15, 0.2) is 5.43 Å². The maximum Gasteiger partial charge on any atom is 0.422 e. The lowest BCUT2D eigenvalue weighted by Crippen LogP contribution is -2.23. The molecule has 0 bridgehead atoms. The molecule has 0 unspecified atom stereocenters. The van der Waals surface area contributed by atoms with Crippen molar-refractivity contribution in [1.82, 2.24) is 4.98 Å². The summed E-state index contributed by atoms with van der Waals surface area (Å²) in [6, 6.07) is 1.61. The molecule has 0 atom stereocenters. The van der Waals surface area contributed by atoms with Crippen molar-refractivity contribution in [1.29, 1.82) is 5.26 Å². The molecular formula is C8H3F5N2O. The van der Waals surface area contributed by atoms with Crippen molar-refractivity contribution in [3.05, 3.63) is 33.2 Å². The Morgan fingerprint density at radius 3 is 2.31 bits per heavy atom. The van der Waals surface area contributed by atoms with E-state index in [9.17, 15) is 26.7 Å². The van der Waals surface area contributed by atoms with Gasteiger partial charge in [0.1, 0.15) is 17.3 Å². The number of hydrogen-bond donors (Lipinski definition) is 1. The Bertz CT molecular complexity index is 497. The fourth-order valence-corrected chi connectivity index (χ4v) is 1.10. The molecule has 3 nitrogen and oxygen atoms in total. The van der Waals surface area contributed by atoms with E-state index in [1.54, 1.807) is 4.98 Å². The molecule has 0 amide bonds. The van der Waals surface area contributed by atoms with E-state index >= 15 is 0 Å². The molecule has 0 spiro atoms. The maximum atomic E-state index is 12.3. The first-order chi connectivity index (χ1) is 7.27. The Morgan fingerprint density at radius 2 is 1.94 bits per heavy atom. The SMILES string of the molecule is N#Cc1cc(=O)c(C(F)(F)F)c(C(F)F)[nH]1. The van der Waals surface area contributed by atoms with Gasteiger partial charge >= 0.3 is 6.18 Å². The first-order valence-electron chi connectivity index (χ1n) is 3.80. The third-order valence-corrected chi connectivity index (χ3v) is 1.68. The molecule has 8 heteroatoms. The van der Waals surface area contributed by atoms with E-state index in [2.05, 4.69) is 0 Å². The molecule has 0 saturated heterocycles. The predicted molar refractivity (Wildman–Crippen MR) is 41.7 cm³/mol. The quantitative estimate of drug-likeness (QED) is 0.762. The van der Waals surface area contributed by atoms with Crippen LogP contribution in [0, 0.1) is 11.3 Å². The monoisotopic (exact) mass is 238 g/mol. The number of pyridine rings is 1. The summed E-state index contributed by atoms with van der Waals surface area (Å²) in [5, 5.41) is 8.32. The standard InChI is InChI=1S/C8H3F5N2O/c9-7(10)6-5(8(11,12)13)4(16)1-3(2-14)15-6/h1,7H,(H,15,16). The number of nitrogens with one attached hydrogen (secondary N) is 1. The van der Waals surface area contributed by atoms with Crippen molar-refractivity contribution in [2.45, 2.75) is 12.6 Å². The minimum atomic E-state index is -5.19. The van der Waals surface area contributed by atoms with Crippen LogP contribution in [0.1, 0.15) is 23.4 Å². The molecular weight excluding hydrogens is 235 g/mol. The van der Waals surface area contributed by atoms with Crippen LogP contribution in [0.25, 0.3) is 0 Å². The van der Waals surface area contributed by atoms with Gasteiger partial charge in [0, 0.05) is 6.07 Å². The van der Waals surface area contributed by atoms with Crippen LogP contribution in [-0.4, -0.2) is 4.98 Å². The third-order valence-electron chi connectivity index (χ3n) is 1.68. The topological polar surface area (TPSA) is 56.6 Å². The molecule has 1 heterocycles. The molecule has 0 saturated carbocycles. The van der Waals surface area contributed by atoms with E-state index in [0.717, 1.165) is 0 Å². The minimum absolute atomic E-state index is 0.328. The molecule has 1 aromatic rings. The normalized spacial score (nSPS) is 11.6. The second-order valence-corrected chi connectivity index (χ2v) is 2.75. The molecule has 0 aliphatic heterocycles. The highest BCUT2D eigenvalue weighted by Gasteiger charge is 2.39. The smallest absolute Gasteiger partial charge is 0.345 e. The number of aromatic nitrogens is 1. The first kappa shape index (κ1) is 12.2. The highest BCUT2D eigenvalue weighted by atomic mass is 19.4. The van der Waals surface area contributed by atoms with Crippen molar-refractivity contribution in [2.24, 2.45) is 0 Å². The Hall–Kier alpha value is -1.91. The average Bonchev–Trinajstić information content (AvgIpc) is 2.14. The molecule has 0 radical (unpaired) electrons. The zero-order chi connectivity index (χ0) is 12.5. The van der Waals surface area contributed by atoms with Crippen LogP contribution in [0.2, 0.25) is 0 Å². The predicted octanol–water partition coefficient (Wildman–Crippen LogP) is 2.20. The second kappa shape index (κ2) is 3.92. The number of rotatable bonds is 1. The van der Waals surface area contributed by atoms with Gasteiger partial charge in [-0.1, -0.05) is 0 Å². The number of H-pyrrole nitrogens is 1. The number of nitrogens with zero attached hydrogens (tertiary/aromatic N) is 1. The summed E-state index contributed by atoms with van der Waals surface area (Å²) in [4.78, 5) is 12.5. The Balaban J connectivity index is 3.61. The fraction of sp³-hybridized carbons (Fsp3) is 0.250. The van der Waals surface area contributed by atoms with Crippen LogP contribution < -0.4 is 5.43 Å². The summed E-state index contributed by atoms with van der Waals surface area (Å²) >= 11 is 0. The van der Waals surface area contributed by atoms with Gasteiger partial charge in [-0.2, -0.15) is 18.4 Å². The number of hydrogen-bond acceptors (Lipinski definition) is 2. The Labute approximate surface area is 85.1 Å². The molecule has 0 fully saturated rings. The number of nitriles is 1. The summed E-state index contributed by atoms with van der Waals surface area (Å²) in [5.41, 5.74) is -5.86. The van der Waals surface area contributed by atoms with Gasteiger partial charge < -0.3 is 4.98 Å². The van der Waals surface area contributed by atoms with Crippen molar-refractivity contribution < 1.29 is 22.0 Å². The average molecular weight is 238 g/mol. The van der Waals surface area contributed by atoms with Crippen LogP contribution >= 0.6 is 0 Å².